The van der Waals surface area contributed by atoms with Crippen molar-refractivity contribution >= 4 is 28.2 Å². The zero-order valence-electron chi connectivity index (χ0n) is 13.9. The summed E-state index contributed by atoms with van der Waals surface area (Å²) in [6.07, 6.45) is 0.324. The molecule has 0 bridgehead atoms. The summed E-state index contributed by atoms with van der Waals surface area (Å²) in [5, 5.41) is 6.60. The fraction of sp³-hybridized carbons (Fsp3) is 0.375. The van der Waals surface area contributed by atoms with Crippen LogP contribution in [0.4, 0.5) is 10.9 Å². The van der Waals surface area contributed by atoms with Gasteiger partial charge >= 0.3 is 0 Å². The summed E-state index contributed by atoms with van der Waals surface area (Å²) in [6.45, 7) is 0. The van der Waals surface area contributed by atoms with E-state index in [9.17, 15) is 4.79 Å². The Bertz CT molecular complexity index is 775. The van der Waals surface area contributed by atoms with Gasteiger partial charge in [0.2, 0.25) is 11.7 Å². The van der Waals surface area contributed by atoms with Crippen LogP contribution in [0, 0.1) is 0 Å². The molecule has 2 N–H and O–H groups in total. The van der Waals surface area contributed by atoms with Crippen molar-refractivity contribution in [1.82, 2.24) is 4.98 Å². The molecule has 1 unspecified atom stereocenters. The van der Waals surface area contributed by atoms with Crippen LogP contribution in [0.15, 0.2) is 12.1 Å². The van der Waals surface area contributed by atoms with Crippen LogP contribution in [0.2, 0.25) is 0 Å². The zero-order chi connectivity index (χ0) is 17.3. The smallest absolute Gasteiger partial charge is 0.226 e. The molecule has 8 heteroatoms. The summed E-state index contributed by atoms with van der Waals surface area (Å²) < 4.78 is 16.4. The molecule has 0 radical (unpaired) electrons. The lowest BCUT2D eigenvalue weighted by Gasteiger charge is -2.24. The molecule has 0 fully saturated rings. The quantitative estimate of drug-likeness (QED) is 0.864. The number of anilines is 2. The van der Waals surface area contributed by atoms with Crippen LogP contribution in [0.5, 0.6) is 17.2 Å². The number of carbonyl (C=O) groups excluding carboxylic acids is 1. The number of aromatic nitrogens is 1. The molecule has 128 valence electrons. The fourth-order valence-corrected chi connectivity index (χ4v) is 3.87. The third-order valence-electron chi connectivity index (χ3n) is 3.94. The second kappa shape index (κ2) is 6.56. The number of nitrogens with zero attached hydrogens (tertiary/aromatic N) is 1. The molecule has 1 atom stereocenters. The summed E-state index contributed by atoms with van der Waals surface area (Å²) in [4.78, 5) is 17.5. The highest BCUT2D eigenvalue weighted by molar-refractivity contribution is 7.16. The third-order valence-corrected chi connectivity index (χ3v) is 5.13. The Morgan fingerprint density at radius 3 is 2.58 bits per heavy atom. The van der Waals surface area contributed by atoms with Gasteiger partial charge in [-0.2, -0.15) is 0 Å². The minimum Gasteiger partial charge on any atom is -0.493 e. The predicted octanol–water partition coefficient (Wildman–Crippen LogP) is 2.68. The van der Waals surface area contributed by atoms with E-state index in [4.69, 9.17) is 14.2 Å². The van der Waals surface area contributed by atoms with E-state index in [0.29, 0.717) is 29.5 Å². The Morgan fingerprint density at radius 1 is 1.21 bits per heavy atom. The van der Waals surface area contributed by atoms with Crippen LogP contribution < -0.4 is 24.8 Å². The number of amides is 1. The average Bonchev–Trinajstić information content (AvgIpc) is 3.02. The van der Waals surface area contributed by atoms with Gasteiger partial charge in [-0.15, -0.1) is 0 Å². The number of ether oxygens (including phenoxy) is 3. The van der Waals surface area contributed by atoms with Gasteiger partial charge in [-0.25, -0.2) is 4.98 Å². The molecular formula is C16H19N3O4S. The summed E-state index contributed by atoms with van der Waals surface area (Å²) in [6, 6.07) is 3.73. The van der Waals surface area contributed by atoms with Crippen LogP contribution in [0.25, 0.3) is 0 Å². The van der Waals surface area contributed by atoms with Gasteiger partial charge in [-0.3, -0.25) is 4.79 Å². The van der Waals surface area contributed by atoms with E-state index in [0.717, 1.165) is 15.6 Å². The number of hydrogen-bond donors (Lipinski definition) is 2. The standard InChI is InChI=1S/C16H19N3O4S/c1-17-16-19-15-14(24-16)9(7-11(20)18-15)8-5-6-10(21-2)13(23-4)12(8)22-3/h5-6,9H,7H2,1-4H3,(H,17,19)(H,18,20). The van der Waals surface area contributed by atoms with E-state index in [1.54, 1.807) is 28.4 Å². The van der Waals surface area contributed by atoms with Crippen molar-refractivity contribution in [1.29, 1.82) is 0 Å². The van der Waals surface area contributed by atoms with Crippen molar-refractivity contribution in [3.05, 3.63) is 22.6 Å². The fourth-order valence-electron chi connectivity index (χ4n) is 2.88. The molecule has 24 heavy (non-hydrogen) atoms. The first-order chi connectivity index (χ1) is 11.6. The number of rotatable bonds is 5. The molecule has 0 spiro atoms. The van der Waals surface area contributed by atoms with Crippen LogP contribution in [0.1, 0.15) is 22.8 Å². The van der Waals surface area contributed by atoms with Crippen LogP contribution >= 0.6 is 11.3 Å². The Hall–Kier alpha value is -2.48. The third kappa shape index (κ3) is 2.62. The van der Waals surface area contributed by atoms with Gasteiger partial charge < -0.3 is 24.8 Å². The SMILES string of the molecule is CNc1nc2c(s1)C(c1ccc(OC)c(OC)c1OC)CC(=O)N2. The maximum atomic E-state index is 12.1. The van der Waals surface area contributed by atoms with Gasteiger partial charge in [-0.05, 0) is 6.07 Å². The maximum Gasteiger partial charge on any atom is 0.226 e. The highest BCUT2D eigenvalue weighted by Gasteiger charge is 2.33. The second-order valence-electron chi connectivity index (χ2n) is 5.21. The first-order valence-corrected chi connectivity index (χ1v) is 8.21. The maximum absolute atomic E-state index is 12.1. The molecule has 2 aromatic rings. The molecule has 0 saturated carbocycles. The lowest BCUT2D eigenvalue weighted by Crippen LogP contribution is -2.23. The molecule has 1 amide bonds. The molecule has 0 aliphatic carbocycles. The lowest BCUT2D eigenvalue weighted by molar-refractivity contribution is -0.116. The number of benzene rings is 1. The highest BCUT2D eigenvalue weighted by atomic mass is 32.1. The number of methoxy groups -OCH3 is 3. The summed E-state index contributed by atoms with van der Waals surface area (Å²) >= 11 is 1.52. The first-order valence-electron chi connectivity index (χ1n) is 7.40. The van der Waals surface area contributed by atoms with E-state index in [1.165, 1.54) is 11.3 Å². The number of nitrogens with one attached hydrogen (secondary N) is 2. The Kier molecular flexibility index (Phi) is 4.48. The molecular weight excluding hydrogens is 330 g/mol. The van der Waals surface area contributed by atoms with E-state index >= 15 is 0 Å². The van der Waals surface area contributed by atoms with Crippen LogP contribution in [-0.2, 0) is 4.79 Å². The largest absolute Gasteiger partial charge is 0.493 e. The predicted molar refractivity (Wildman–Crippen MR) is 92.8 cm³/mol. The summed E-state index contributed by atoms with van der Waals surface area (Å²) in [7, 11) is 6.52. The molecule has 2 heterocycles. The Morgan fingerprint density at radius 2 is 1.96 bits per heavy atom. The van der Waals surface area contributed by atoms with Gasteiger partial charge in [0.1, 0.15) is 5.82 Å². The van der Waals surface area contributed by atoms with Gasteiger partial charge in [0, 0.05) is 24.9 Å². The molecule has 1 aromatic heterocycles. The Labute approximate surface area is 143 Å². The highest BCUT2D eigenvalue weighted by Crippen LogP contribution is 2.49. The molecule has 0 saturated heterocycles. The molecule has 1 aliphatic heterocycles. The van der Waals surface area contributed by atoms with Crippen molar-refractivity contribution < 1.29 is 19.0 Å². The van der Waals surface area contributed by atoms with Crippen molar-refractivity contribution in [2.24, 2.45) is 0 Å². The van der Waals surface area contributed by atoms with Crippen LogP contribution in [0.3, 0.4) is 0 Å². The van der Waals surface area contributed by atoms with Crippen molar-refractivity contribution in [3.8, 4) is 17.2 Å². The van der Waals surface area contributed by atoms with Crippen molar-refractivity contribution in [3.63, 3.8) is 0 Å². The first kappa shape index (κ1) is 16.4. The second-order valence-corrected chi connectivity index (χ2v) is 6.24. The van der Waals surface area contributed by atoms with Crippen molar-refractivity contribution in [2.45, 2.75) is 12.3 Å². The lowest BCUT2D eigenvalue weighted by atomic mass is 9.90. The van der Waals surface area contributed by atoms with Crippen LogP contribution in [-0.4, -0.2) is 39.3 Å². The monoisotopic (exact) mass is 349 g/mol. The topological polar surface area (TPSA) is 81.7 Å². The Balaban J connectivity index is 2.15. The molecule has 7 nitrogen and oxygen atoms in total. The van der Waals surface area contributed by atoms with Gasteiger partial charge in [-0.1, -0.05) is 17.4 Å². The van der Waals surface area contributed by atoms with E-state index in [-0.39, 0.29) is 11.8 Å². The normalized spacial score (nSPS) is 16.2. The van der Waals surface area contributed by atoms with Gasteiger partial charge in [0.05, 0.1) is 26.2 Å². The van der Waals surface area contributed by atoms with Gasteiger partial charge in [0.15, 0.2) is 16.6 Å². The van der Waals surface area contributed by atoms with Gasteiger partial charge in [0.25, 0.3) is 0 Å². The van der Waals surface area contributed by atoms with Crippen molar-refractivity contribution in [2.75, 3.05) is 39.0 Å². The zero-order valence-corrected chi connectivity index (χ0v) is 14.7. The number of fused-ring (bicyclic) bond motifs is 1. The summed E-state index contributed by atoms with van der Waals surface area (Å²) in [5.41, 5.74) is 0.873. The van der Waals surface area contributed by atoms with E-state index in [2.05, 4.69) is 15.6 Å². The summed E-state index contributed by atoms with van der Waals surface area (Å²) in [5.74, 6) is 2.05. The molecule has 1 aliphatic rings. The average molecular weight is 349 g/mol. The number of carbonyl (C=O) groups is 1. The number of hydrogen-bond acceptors (Lipinski definition) is 7. The minimum atomic E-state index is -0.150. The van der Waals surface area contributed by atoms with E-state index < -0.39 is 0 Å². The molecule has 3 rings (SSSR count). The minimum absolute atomic E-state index is 0.0720. The molecule has 1 aromatic carbocycles. The van der Waals surface area contributed by atoms with E-state index in [1.807, 2.05) is 12.1 Å². The number of thiazole rings is 1.